The minimum Gasteiger partial charge on any atom is -0.392 e. The smallest absolute Gasteiger partial charge is 0.123 e. The number of thioether (sulfide) groups is 2. The van der Waals surface area contributed by atoms with Crippen LogP contribution in [0.5, 0.6) is 0 Å². The van der Waals surface area contributed by atoms with Gasteiger partial charge in [0.15, 0.2) is 0 Å². The lowest BCUT2D eigenvalue weighted by atomic mass is 10.1. The lowest BCUT2D eigenvalue weighted by molar-refractivity contribution is 0.0171. The fourth-order valence-electron chi connectivity index (χ4n) is 3.50. The first-order valence-electron chi connectivity index (χ1n) is 13.7. The number of benzene rings is 4. The van der Waals surface area contributed by atoms with Crippen molar-refractivity contribution in [2.75, 3.05) is 11.5 Å². The Morgan fingerprint density at radius 1 is 0.476 bits per heavy atom. The Hall–Kier alpha value is -2.72. The number of hydrogen-bond acceptors (Lipinski definition) is 6. The van der Waals surface area contributed by atoms with Crippen molar-refractivity contribution in [3.63, 3.8) is 0 Å². The number of rotatable bonds is 13. The molecule has 0 heterocycles. The summed E-state index contributed by atoms with van der Waals surface area (Å²) in [6.45, 7) is -0.0550. The van der Waals surface area contributed by atoms with Crippen molar-refractivity contribution in [1.82, 2.24) is 0 Å². The SMILES string of the molecule is OC(CCSCc1ccccc1)C(O)CCSCc1ccccc1.OCc1ccc(F)cc1.OCc1ccc(F)cc1. The summed E-state index contributed by atoms with van der Waals surface area (Å²) >= 11 is 3.60. The van der Waals surface area contributed by atoms with Gasteiger partial charge in [-0.25, -0.2) is 8.78 Å². The predicted molar refractivity (Wildman–Crippen MR) is 171 cm³/mol. The van der Waals surface area contributed by atoms with Gasteiger partial charge in [-0.3, -0.25) is 0 Å². The molecule has 226 valence electrons. The summed E-state index contributed by atoms with van der Waals surface area (Å²) in [5.41, 5.74) is 4.07. The van der Waals surface area contributed by atoms with Crippen molar-refractivity contribution >= 4 is 23.5 Å². The summed E-state index contributed by atoms with van der Waals surface area (Å²) in [5, 5.41) is 37.1. The first kappa shape index (κ1) is 35.5. The fourth-order valence-corrected chi connectivity index (χ4v) is 5.46. The summed E-state index contributed by atoms with van der Waals surface area (Å²) in [6, 6.07) is 32.2. The van der Waals surface area contributed by atoms with E-state index in [2.05, 4.69) is 24.3 Å². The molecule has 0 amide bonds. The van der Waals surface area contributed by atoms with E-state index in [0.29, 0.717) is 12.8 Å². The average Bonchev–Trinajstić information content (AvgIpc) is 3.03. The summed E-state index contributed by atoms with van der Waals surface area (Å²) < 4.78 is 24.3. The molecule has 4 aromatic rings. The van der Waals surface area contributed by atoms with Gasteiger partial charge in [-0.2, -0.15) is 23.5 Å². The molecule has 0 saturated carbocycles. The van der Waals surface area contributed by atoms with Gasteiger partial charge in [0, 0.05) is 11.5 Å². The first-order valence-corrected chi connectivity index (χ1v) is 16.0. The van der Waals surface area contributed by atoms with Crippen molar-refractivity contribution in [1.29, 1.82) is 0 Å². The van der Waals surface area contributed by atoms with Crippen LogP contribution in [0.3, 0.4) is 0 Å². The van der Waals surface area contributed by atoms with Crippen molar-refractivity contribution < 1.29 is 29.2 Å². The van der Waals surface area contributed by atoms with Gasteiger partial charge in [-0.1, -0.05) is 84.9 Å². The Labute approximate surface area is 256 Å². The molecule has 0 aliphatic rings. The molecule has 0 aliphatic heterocycles. The van der Waals surface area contributed by atoms with E-state index in [9.17, 15) is 19.0 Å². The molecule has 42 heavy (non-hydrogen) atoms. The Bertz CT molecular complexity index is 1100. The largest absolute Gasteiger partial charge is 0.392 e. The molecule has 8 heteroatoms. The second-order valence-electron chi connectivity index (χ2n) is 9.36. The Morgan fingerprint density at radius 3 is 1.12 bits per heavy atom. The minimum absolute atomic E-state index is 0.0275. The van der Waals surface area contributed by atoms with Crippen molar-refractivity contribution in [2.24, 2.45) is 0 Å². The molecule has 4 N–H and O–H groups in total. The van der Waals surface area contributed by atoms with Crippen LogP contribution in [0.25, 0.3) is 0 Å². The maximum absolute atomic E-state index is 12.1. The van der Waals surface area contributed by atoms with E-state index in [1.807, 2.05) is 36.4 Å². The third-order valence-corrected chi connectivity index (χ3v) is 8.10. The van der Waals surface area contributed by atoms with Crippen LogP contribution in [0.2, 0.25) is 0 Å². The highest BCUT2D eigenvalue weighted by atomic mass is 32.2. The van der Waals surface area contributed by atoms with E-state index in [1.165, 1.54) is 35.4 Å². The maximum Gasteiger partial charge on any atom is 0.123 e. The third kappa shape index (κ3) is 16.1. The molecule has 0 fully saturated rings. The molecule has 0 bridgehead atoms. The highest BCUT2D eigenvalue weighted by molar-refractivity contribution is 7.98. The van der Waals surface area contributed by atoms with E-state index in [4.69, 9.17) is 10.2 Å². The summed E-state index contributed by atoms with van der Waals surface area (Å²) in [4.78, 5) is 0. The van der Waals surface area contributed by atoms with Crippen LogP contribution >= 0.6 is 23.5 Å². The van der Waals surface area contributed by atoms with Crippen LogP contribution in [0.1, 0.15) is 35.1 Å². The Kier molecular flexibility index (Phi) is 18.5. The Balaban J connectivity index is 0.000000277. The van der Waals surface area contributed by atoms with Crippen LogP contribution in [-0.4, -0.2) is 44.1 Å². The van der Waals surface area contributed by atoms with Gasteiger partial charge in [0.2, 0.25) is 0 Å². The second-order valence-corrected chi connectivity index (χ2v) is 11.6. The monoisotopic (exact) mass is 614 g/mol. The molecule has 2 unspecified atom stereocenters. The van der Waals surface area contributed by atoms with Crippen molar-refractivity contribution in [3.05, 3.63) is 143 Å². The third-order valence-electron chi connectivity index (χ3n) is 5.97. The minimum atomic E-state index is -0.620. The topological polar surface area (TPSA) is 80.9 Å². The van der Waals surface area contributed by atoms with Crippen LogP contribution < -0.4 is 0 Å². The van der Waals surface area contributed by atoms with Gasteiger partial charge >= 0.3 is 0 Å². The van der Waals surface area contributed by atoms with Crippen LogP contribution in [0.4, 0.5) is 8.78 Å². The molecule has 0 aromatic heterocycles. The molecule has 4 nitrogen and oxygen atoms in total. The molecule has 0 aliphatic carbocycles. The lowest BCUT2D eigenvalue weighted by Gasteiger charge is -2.17. The van der Waals surface area contributed by atoms with Crippen molar-refractivity contribution in [2.45, 2.75) is 49.8 Å². The maximum atomic E-state index is 12.1. The van der Waals surface area contributed by atoms with E-state index < -0.39 is 12.2 Å². The summed E-state index contributed by atoms with van der Waals surface area (Å²) in [7, 11) is 0. The van der Waals surface area contributed by atoms with E-state index in [0.717, 1.165) is 34.1 Å². The van der Waals surface area contributed by atoms with Gasteiger partial charge in [0.25, 0.3) is 0 Å². The van der Waals surface area contributed by atoms with Crippen LogP contribution in [-0.2, 0) is 24.7 Å². The average molecular weight is 615 g/mol. The van der Waals surface area contributed by atoms with Gasteiger partial charge in [0.1, 0.15) is 11.6 Å². The fraction of sp³-hybridized carbons (Fsp3) is 0.294. The molecule has 0 spiro atoms. The molecule has 2 atom stereocenters. The number of aliphatic hydroxyl groups excluding tert-OH is 4. The molecule has 0 saturated heterocycles. The zero-order valence-electron chi connectivity index (χ0n) is 23.6. The lowest BCUT2D eigenvalue weighted by Crippen LogP contribution is -2.27. The van der Waals surface area contributed by atoms with Crippen LogP contribution in [0, 0.1) is 11.6 Å². The normalized spacial score (nSPS) is 11.9. The van der Waals surface area contributed by atoms with Gasteiger partial charge in [-0.15, -0.1) is 0 Å². The highest BCUT2D eigenvalue weighted by Crippen LogP contribution is 2.18. The zero-order chi connectivity index (χ0) is 30.4. The molecular weight excluding hydrogens is 575 g/mol. The molecular formula is C34H40F2O4S2. The van der Waals surface area contributed by atoms with E-state index >= 15 is 0 Å². The molecule has 4 aromatic carbocycles. The zero-order valence-corrected chi connectivity index (χ0v) is 25.2. The summed E-state index contributed by atoms with van der Waals surface area (Å²) in [5.74, 6) is 3.10. The second kappa shape index (κ2) is 21.9. The predicted octanol–water partition coefficient (Wildman–Crippen LogP) is 6.99. The van der Waals surface area contributed by atoms with Gasteiger partial charge in [0.05, 0.1) is 25.4 Å². The quantitative estimate of drug-likeness (QED) is 0.122. The molecule has 4 rings (SSSR count). The van der Waals surface area contributed by atoms with Crippen LogP contribution in [0.15, 0.2) is 109 Å². The highest BCUT2D eigenvalue weighted by Gasteiger charge is 2.15. The van der Waals surface area contributed by atoms with Crippen molar-refractivity contribution in [3.8, 4) is 0 Å². The van der Waals surface area contributed by atoms with E-state index in [1.54, 1.807) is 47.8 Å². The Morgan fingerprint density at radius 2 is 0.810 bits per heavy atom. The number of hydrogen-bond donors (Lipinski definition) is 4. The summed E-state index contributed by atoms with van der Waals surface area (Å²) in [6.07, 6.45) is 0.0422. The van der Waals surface area contributed by atoms with Gasteiger partial charge < -0.3 is 20.4 Å². The number of halogens is 2. The van der Waals surface area contributed by atoms with Gasteiger partial charge in [-0.05, 0) is 70.9 Å². The number of aliphatic hydroxyl groups is 4. The first-order chi connectivity index (χ1) is 20.4. The molecule has 0 radical (unpaired) electrons. The standard InChI is InChI=1S/C20H26O2S2.2C7H7FO/c21-19(11-13-23-15-17-7-3-1-4-8-17)20(22)12-14-24-16-18-9-5-2-6-10-18;2*8-7-3-1-6(5-9)2-4-7/h1-10,19-22H,11-16H2;2*1-4,9H,5H2. The van der Waals surface area contributed by atoms with E-state index in [-0.39, 0.29) is 24.8 Å².